The first-order chi connectivity index (χ1) is 13.7. The minimum Gasteiger partial charge on any atom is -0.378 e. The molecule has 5 nitrogen and oxygen atoms in total. The Balaban J connectivity index is 1.62. The molecule has 0 spiro atoms. The Bertz CT molecular complexity index is 931. The molecule has 0 unspecified atom stereocenters. The van der Waals surface area contributed by atoms with E-state index in [0.717, 1.165) is 40.7 Å². The number of benzene rings is 2. The Kier molecular flexibility index (Phi) is 6.00. The average molecular weight is 413 g/mol. The molecule has 0 radical (unpaired) electrons. The number of thioether (sulfide) groups is 1. The van der Waals surface area contributed by atoms with Crippen LogP contribution in [0.2, 0.25) is 5.15 Å². The van der Waals surface area contributed by atoms with Crippen LogP contribution in [0.25, 0.3) is 11.4 Å². The highest BCUT2D eigenvalue weighted by Crippen LogP contribution is 2.35. The summed E-state index contributed by atoms with van der Waals surface area (Å²) in [6.45, 7) is 3.01. The highest BCUT2D eigenvalue weighted by Gasteiger charge is 2.20. The molecule has 1 saturated heterocycles. The molecule has 28 heavy (non-hydrogen) atoms. The number of nitrogens with one attached hydrogen (secondary N) is 1. The molecular formula is C21H21ClN4OS. The van der Waals surface area contributed by atoms with Crippen molar-refractivity contribution >= 4 is 40.6 Å². The number of ether oxygens (including phenoxy) is 1. The molecule has 1 aromatic heterocycles. The molecular weight excluding hydrogens is 392 g/mol. The van der Waals surface area contributed by atoms with Crippen molar-refractivity contribution in [2.24, 2.45) is 0 Å². The van der Waals surface area contributed by atoms with E-state index in [2.05, 4.69) is 15.2 Å². The van der Waals surface area contributed by atoms with Crippen molar-refractivity contribution in [3.8, 4) is 11.4 Å². The number of hydrogen-bond donors (Lipinski definition) is 1. The van der Waals surface area contributed by atoms with Crippen molar-refractivity contribution < 1.29 is 4.74 Å². The number of hydrogen-bond acceptors (Lipinski definition) is 6. The quantitative estimate of drug-likeness (QED) is 0.464. The van der Waals surface area contributed by atoms with E-state index in [9.17, 15) is 0 Å². The fourth-order valence-electron chi connectivity index (χ4n) is 3.10. The zero-order valence-corrected chi connectivity index (χ0v) is 17.1. The molecule has 2 aromatic carbocycles. The lowest BCUT2D eigenvalue weighted by molar-refractivity contribution is 0.122. The molecule has 2 heterocycles. The van der Waals surface area contributed by atoms with E-state index in [-0.39, 0.29) is 0 Å². The smallest absolute Gasteiger partial charge is 0.163 e. The fraction of sp³-hybridized carbons (Fsp3) is 0.238. The summed E-state index contributed by atoms with van der Waals surface area (Å²) in [5.41, 5.74) is 2.99. The molecule has 0 aliphatic carbocycles. The van der Waals surface area contributed by atoms with Crippen molar-refractivity contribution in [1.29, 1.82) is 0 Å². The van der Waals surface area contributed by atoms with Crippen LogP contribution in [0.4, 0.5) is 17.2 Å². The van der Waals surface area contributed by atoms with Gasteiger partial charge >= 0.3 is 0 Å². The van der Waals surface area contributed by atoms with Gasteiger partial charge in [0.05, 0.1) is 18.1 Å². The van der Waals surface area contributed by atoms with E-state index in [4.69, 9.17) is 21.3 Å². The van der Waals surface area contributed by atoms with Crippen LogP contribution in [0.5, 0.6) is 0 Å². The normalized spacial score (nSPS) is 14.1. The van der Waals surface area contributed by atoms with Gasteiger partial charge in [-0.3, -0.25) is 0 Å². The molecule has 0 saturated carbocycles. The van der Waals surface area contributed by atoms with Gasteiger partial charge in [-0.2, -0.15) is 0 Å². The number of anilines is 3. The summed E-state index contributed by atoms with van der Waals surface area (Å²) in [7, 11) is 0. The lowest BCUT2D eigenvalue weighted by Crippen LogP contribution is -2.37. The van der Waals surface area contributed by atoms with Crippen LogP contribution in [0.3, 0.4) is 0 Å². The molecule has 3 aromatic rings. The summed E-state index contributed by atoms with van der Waals surface area (Å²) in [6, 6.07) is 18.2. The van der Waals surface area contributed by atoms with Gasteiger partial charge in [0, 0.05) is 30.0 Å². The second kappa shape index (κ2) is 8.82. The lowest BCUT2D eigenvalue weighted by Gasteiger charge is -2.29. The van der Waals surface area contributed by atoms with E-state index >= 15 is 0 Å². The van der Waals surface area contributed by atoms with Gasteiger partial charge in [0.25, 0.3) is 0 Å². The van der Waals surface area contributed by atoms with Crippen LogP contribution in [0.1, 0.15) is 0 Å². The summed E-state index contributed by atoms with van der Waals surface area (Å²) in [6.07, 6.45) is 2.00. The Morgan fingerprint density at radius 3 is 2.32 bits per heavy atom. The zero-order chi connectivity index (χ0) is 19.3. The molecule has 4 rings (SSSR count). The maximum atomic E-state index is 6.50. The number of halogens is 1. The molecule has 1 N–H and O–H groups in total. The predicted octanol–water partition coefficient (Wildman–Crippen LogP) is 5.10. The summed E-state index contributed by atoms with van der Waals surface area (Å²) in [5, 5.41) is 3.87. The van der Waals surface area contributed by atoms with Gasteiger partial charge in [0.1, 0.15) is 11.0 Å². The van der Waals surface area contributed by atoms with Crippen LogP contribution < -0.4 is 10.2 Å². The van der Waals surface area contributed by atoms with Crippen LogP contribution in [-0.4, -0.2) is 42.5 Å². The van der Waals surface area contributed by atoms with E-state index in [1.54, 1.807) is 11.8 Å². The molecule has 0 atom stereocenters. The zero-order valence-electron chi connectivity index (χ0n) is 15.6. The fourth-order valence-corrected chi connectivity index (χ4v) is 4.06. The van der Waals surface area contributed by atoms with E-state index in [1.807, 2.05) is 60.9 Å². The third-order valence-corrected chi connectivity index (χ3v) is 5.70. The van der Waals surface area contributed by atoms with E-state index in [0.29, 0.717) is 24.2 Å². The Morgan fingerprint density at radius 2 is 1.64 bits per heavy atom. The van der Waals surface area contributed by atoms with Gasteiger partial charge in [0.15, 0.2) is 5.82 Å². The van der Waals surface area contributed by atoms with Gasteiger partial charge in [-0.15, -0.1) is 11.8 Å². The largest absolute Gasteiger partial charge is 0.378 e. The standard InChI is InChI=1S/C21H21ClN4OS/c1-28-18-19(22)24-20(25-21(18)26-11-13-27-14-12-26)15-7-9-17(10-8-15)23-16-5-3-2-4-6-16/h2-10,23H,11-14H2,1H3. The molecule has 0 amide bonds. The first kappa shape index (κ1) is 19.1. The van der Waals surface area contributed by atoms with Gasteiger partial charge < -0.3 is 15.0 Å². The molecule has 0 bridgehead atoms. The van der Waals surface area contributed by atoms with Crippen LogP contribution in [0.15, 0.2) is 59.5 Å². The third kappa shape index (κ3) is 4.24. The van der Waals surface area contributed by atoms with E-state index < -0.39 is 0 Å². The average Bonchev–Trinajstić information content (AvgIpc) is 2.75. The minimum absolute atomic E-state index is 0.491. The van der Waals surface area contributed by atoms with Gasteiger partial charge in [-0.1, -0.05) is 29.8 Å². The van der Waals surface area contributed by atoms with Gasteiger partial charge in [0.2, 0.25) is 0 Å². The summed E-state index contributed by atoms with van der Waals surface area (Å²) in [5.74, 6) is 1.52. The Labute approximate surface area is 174 Å². The second-order valence-corrected chi connectivity index (χ2v) is 7.54. The summed E-state index contributed by atoms with van der Waals surface area (Å²) < 4.78 is 5.47. The molecule has 1 aliphatic heterocycles. The number of aromatic nitrogens is 2. The first-order valence-corrected chi connectivity index (χ1v) is 10.7. The first-order valence-electron chi connectivity index (χ1n) is 9.11. The van der Waals surface area contributed by atoms with Gasteiger partial charge in [-0.25, -0.2) is 9.97 Å². The topological polar surface area (TPSA) is 50.3 Å². The van der Waals surface area contributed by atoms with Crippen molar-refractivity contribution in [2.45, 2.75) is 4.90 Å². The highest BCUT2D eigenvalue weighted by atomic mass is 35.5. The molecule has 144 valence electrons. The Hall–Kier alpha value is -2.28. The molecule has 7 heteroatoms. The van der Waals surface area contributed by atoms with Crippen molar-refractivity contribution in [3.05, 3.63) is 59.8 Å². The highest BCUT2D eigenvalue weighted by molar-refractivity contribution is 7.98. The maximum Gasteiger partial charge on any atom is 0.163 e. The van der Waals surface area contributed by atoms with Crippen molar-refractivity contribution in [2.75, 3.05) is 42.8 Å². The SMILES string of the molecule is CSc1c(Cl)nc(-c2ccc(Nc3ccccc3)cc2)nc1N1CCOCC1. The molecule has 1 aliphatic rings. The number of morpholine rings is 1. The minimum atomic E-state index is 0.491. The summed E-state index contributed by atoms with van der Waals surface area (Å²) >= 11 is 8.07. The molecule has 1 fully saturated rings. The maximum absolute atomic E-state index is 6.50. The Morgan fingerprint density at radius 1 is 0.964 bits per heavy atom. The number of rotatable bonds is 5. The lowest BCUT2D eigenvalue weighted by atomic mass is 10.2. The van der Waals surface area contributed by atoms with E-state index in [1.165, 1.54) is 0 Å². The number of para-hydroxylation sites is 1. The van der Waals surface area contributed by atoms with Crippen molar-refractivity contribution in [1.82, 2.24) is 9.97 Å². The second-order valence-electron chi connectivity index (χ2n) is 6.36. The number of nitrogens with zero attached hydrogens (tertiary/aromatic N) is 3. The third-order valence-electron chi connectivity index (χ3n) is 4.53. The van der Waals surface area contributed by atoms with Gasteiger partial charge in [-0.05, 0) is 42.7 Å². The van der Waals surface area contributed by atoms with Crippen LogP contribution in [0, 0.1) is 0 Å². The van der Waals surface area contributed by atoms with Crippen LogP contribution >= 0.6 is 23.4 Å². The monoisotopic (exact) mass is 412 g/mol. The summed E-state index contributed by atoms with van der Waals surface area (Å²) in [4.78, 5) is 12.5. The predicted molar refractivity (Wildman–Crippen MR) is 117 cm³/mol. The van der Waals surface area contributed by atoms with Crippen molar-refractivity contribution in [3.63, 3.8) is 0 Å². The van der Waals surface area contributed by atoms with Crippen LogP contribution in [-0.2, 0) is 4.74 Å².